The predicted octanol–water partition coefficient (Wildman–Crippen LogP) is 2.57. The smallest absolute Gasteiger partial charge is 0.350 e. The molecule has 0 spiro atoms. The number of ether oxygens (including phenoxy) is 1. The molecular formula is C16H18N4O3S. The van der Waals surface area contributed by atoms with Gasteiger partial charge in [0.1, 0.15) is 22.7 Å². The van der Waals surface area contributed by atoms with Crippen LogP contribution in [0.1, 0.15) is 39.4 Å². The first kappa shape index (κ1) is 16.4. The summed E-state index contributed by atoms with van der Waals surface area (Å²) in [5.41, 5.74) is 0.697. The number of amides is 1. The zero-order valence-corrected chi connectivity index (χ0v) is 14.1. The maximum absolute atomic E-state index is 12.4. The number of carbonyl (C=O) groups is 2. The van der Waals surface area contributed by atoms with E-state index in [1.165, 1.54) is 31.2 Å². The van der Waals surface area contributed by atoms with Crippen LogP contribution in [0.5, 0.6) is 0 Å². The number of piperidine rings is 1. The van der Waals surface area contributed by atoms with Crippen molar-refractivity contribution in [3.8, 4) is 0 Å². The molecule has 7 nitrogen and oxygen atoms in total. The second kappa shape index (κ2) is 7.39. The van der Waals surface area contributed by atoms with E-state index in [1.54, 1.807) is 17.5 Å². The third-order valence-electron chi connectivity index (χ3n) is 3.85. The lowest BCUT2D eigenvalue weighted by atomic mass is 10.1. The van der Waals surface area contributed by atoms with Gasteiger partial charge in [0.25, 0.3) is 5.91 Å². The minimum Gasteiger partial charge on any atom is -0.465 e. The van der Waals surface area contributed by atoms with Crippen LogP contribution in [0, 0.1) is 0 Å². The number of esters is 1. The SMILES string of the molecule is COC(=O)c1sccc1NC(=O)c1cc(N2CCCCC2)ncn1. The molecular weight excluding hydrogens is 328 g/mol. The summed E-state index contributed by atoms with van der Waals surface area (Å²) in [7, 11) is 1.31. The second-order valence-corrected chi connectivity index (χ2v) is 6.33. The molecule has 0 unspecified atom stereocenters. The molecule has 1 fully saturated rings. The monoisotopic (exact) mass is 346 g/mol. The van der Waals surface area contributed by atoms with Gasteiger partial charge >= 0.3 is 5.97 Å². The Labute approximate surface area is 143 Å². The molecule has 1 amide bonds. The van der Waals surface area contributed by atoms with Crippen LogP contribution < -0.4 is 10.2 Å². The molecule has 1 aliphatic rings. The van der Waals surface area contributed by atoms with Crippen LogP contribution in [0.15, 0.2) is 23.8 Å². The van der Waals surface area contributed by atoms with Gasteiger partial charge in [-0.15, -0.1) is 11.3 Å². The van der Waals surface area contributed by atoms with Crippen LogP contribution in [-0.2, 0) is 4.74 Å². The lowest BCUT2D eigenvalue weighted by Crippen LogP contribution is -2.30. The van der Waals surface area contributed by atoms with Crippen molar-refractivity contribution < 1.29 is 14.3 Å². The van der Waals surface area contributed by atoms with Crippen LogP contribution in [0.25, 0.3) is 0 Å². The third kappa shape index (κ3) is 3.53. The van der Waals surface area contributed by atoms with E-state index in [-0.39, 0.29) is 11.6 Å². The minimum atomic E-state index is -0.475. The molecule has 8 heteroatoms. The van der Waals surface area contributed by atoms with Gasteiger partial charge in [-0.3, -0.25) is 4.79 Å². The minimum absolute atomic E-state index is 0.271. The average Bonchev–Trinajstić information content (AvgIpc) is 3.10. The van der Waals surface area contributed by atoms with Crippen molar-refractivity contribution in [1.29, 1.82) is 0 Å². The van der Waals surface area contributed by atoms with Crippen molar-refractivity contribution in [1.82, 2.24) is 9.97 Å². The molecule has 0 aromatic carbocycles. The molecule has 2 aromatic heterocycles. The molecule has 3 rings (SSSR count). The van der Waals surface area contributed by atoms with Gasteiger partial charge in [0.05, 0.1) is 12.8 Å². The topological polar surface area (TPSA) is 84.4 Å². The summed E-state index contributed by atoms with van der Waals surface area (Å²) in [6.45, 7) is 1.88. The Bertz CT molecular complexity index is 740. The van der Waals surface area contributed by atoms with Gasteiger partial charge < -0.3 is 15.0 Å². The molecule has 0 atom stereocenters. The van der Waals surface area contributed by atoms with Crippen molar-refractivity contribution in [3.63, 3.8) is 0 Å². The molecule has 0 radical (unpaired) electrons. The highest BCUT2D eigenvalue weighted by Crippen LogP contribution is 2.24. The zero-order chi connectivity index (χ0) is 16.9. The van der Waals surface area contributed by atoms with Crippen molar-refractivity contribution in [2.24, 2.45) is 0 Å². The third-order valence-corrected chi connectivity index (χ3v) is 4.74. The first-order chi connectivity index (χ1) is 11.7. The molecule has 2 aromatic rings. The Morgan fingerprint density at radius 2 is 2.04 bits per heavy atom. The van der Waals surface area contributed by atoms with Crippen molar-refractivity contribution in [3.05, 3.63) is 34.4 Å². The highest BCUT2D eigenvalue weighted by molar-refractivity contribution is 7.12. The Balaban J connectivity index is 1.76. The molecule has 0 saturated carbocycles. The number of hydrogen-bond acceptors (Lipinski definition) is 7. The van der Waals surface area contributed by atoms with Gasteiger partial charge in [-0.2, -0.15) is 0 Å². The second-order valence-electron chi connectivity index (χ2n) is 5.42. The quantitative estimate of drug-likeness (QED) is 0.857. The molecule has 1 N–H and O–H groups in total. The van der Waals surface area contributed by atoms with E-state index in [0.29, 0.717) is 10.6 Å². The maximum atomic E-state index is 12.4. The summed E-state index contributed by atoms with van der Waals surface area (Å²) in [5.74, 6) is -0.0930. The highest BCUT2D eigenvalue weighted by Gasteiger charge is 2.19. The van der Waals surface area contributed by atoms with Crippen molar-refractivity contribution >= 4 is 34.7 Å². The van der Waals surface area contributed by atoms with Gasteiger partial charge in [-0.25, -0.2) is 14.8 Å². The fourth-order valence-electron chi connectivity index (χ4n) is 2.61. The normalized spacial score (nSPS) is 14.3. The maximum Gasteiger partial charge on any atom is 0.350 e. The Morgan fingerprint density at radius 1 is 1.25 bits per heavy atom. The summed E-state index contributed by atoms with van der Waals surface area (Å²) in [6.07, 6.45) is 4.88. The van der Waals surface area contributed by atoms with E-state index >= 15 is 0 Å². The number of aromatic nitrogens is 2. The number of anilines is 2. The van der Waals surface area contributed by atoms with E-state index in [2.05, 4.69) is 20.2 Å². The van der Waals surface area contributed by atoms with Gasteiger partial charge in [0.15, 0.2) is 0 Å². The largest absolute Gasteiger partial charge is 0.465 e. The molecule has 3 heterocycles. The number of carbonyl (C=O) groups excluding carboxylic acids is 2. The summed E-state index contributed by atoms with van der Waals surface area (Å²) >= 11 is 1.22. The van der Waals surface area contributed by atoms with Crippen LogP contribution >= 0.6 is 11.3 Å². The number of hydrogen-bond donors (Lipinski definition) is 1. The highest BCUT2D eigenvalue weighted by atomic mass is 32.1. The van der Waals surface area contributed by atoms with Crippen LogP contribution in [0.2, 0.25) is 0 Å². The van der Waals surface area contributed by atoms with E-state index in [0.717, 1.165) is 31.7 Å². The summed E-state index contributed by atoms with van der Waals surface area (Å²) in [5, 5.41) is 4.44. The molecule has 1 saturated heterocycles. The fourth-order valence-corrected chi connectivity index (χ4v) is 3.38. The number of nitrogens with zero attached hydrogens (tertiary/aromatic N) is 3. The Kier molecular flexibility index (Phi) is 5.05. The average molecular weight is 346 g/mol. The summed E-state index contributed by atoms with van der Waals surface area (Å²) in [6, 6.07) is 3.35. The first-order valence-corrected chi connectivity index (χ1v) is 8.61. The molecule has 0 bridgehead atoms. The van der Waals surface area contributed by atoms with Gasteiger partial charge in [0, 0.05) is 19.2 Å². The van der Waals surface area contributed by atoms with Crippen molar-refractivity contribution in [2.45, 2.75) is 19.3 Å². The van der Waals surface area contributed by atoms with Crippen LogP contribution in [-0.4, -0.2) is 42.0 Å². The fraction of sp³-hybridized carbons (Fsp3) is 0.375. The number of thiophene rings is 1. The summed E-state index contributed by atoms with van der Waals surface area (Å²) < 4.78 is 4.71. The number of nitrogens with one attached hydrogen (secondary N) is 1. The molecule has 1 aliphatic heterocycles. The first-order valence-electron chi connectivity index (χ1n) is 7.73. The molecule has 0 aliphatic carbocycles. The lowest BCUT2D eigenvalue weighted by Gasteiger charge is -2.27. The van der Waals surface area contributed by atoms with Gasteiger partial charge in [-0.05, 0) is 30.7 Å². The molecule has 24 heavy (non-hydrogen) atoms. The van der Waals surface area contributed by atoms with Gasteiger partial charge in [-0.1, -0.05) is 0 Å². The van der Waals surface area contributed by atoms with Crippen LogP contribution in [0.4, 0.5) is 11.5 Å². The number of rotatable bonds is 4. The Morgan fingerprint density at radius 3 is 2.79 bits per heavy atom. The summed E-state index contributed by atoms with van der Waals surface area (Å²) in [4.78, 5) is 34.9. The van der Waals surface area contributed by atoms with Crippen molar-refractivity contribution in [2.75, 3.05) is 30.4 Å². The zero-order valence-electron chi connectivity index (χ0n) is 13.3. The Hall–Kier alpha value is -2.48. The number of methoxy groups -OCH3 is 1. The lowest BCUT2D eigenvalue weighted by molar-refractivity contribution is 0.0607. The van der Waals surface area contributed by atoms with E-state index in [9.17, 15) is 9.59 Å². The van der Waals surface area contributed by atoms with E-state index in [4.69, 9.17) is 4.74 Å². The van der Waals surface area contributed by atoms with Crippen LogP contribution in [0.3, 0.4) is 0 Å². The molecule has 126 valence electrons. The standard InChI is InChI=1S/C16H18N4O3S/c1-23-16(22)14-11(5-8-24-14)19-15(21)12-9-13(18-10-17-12)20-6-3-2-4-7-20/h5,8-10H,2-4,6-7H2,1H3,(H,19,21). The predicted molar refractivity (Wildman–Crippen MR) is 91.7 cm³/mol. The van der Waals surface area contributed by atoms with Gasteiger partial charge in [0.2, 0.25) is 0 Å². The van der Waals surface area contributed by atoms with E-state index in [1.807, 2.05) is 0 Å². The van der Waals surface area contributed by atoms with E-state index < -0.39 is 5.97 Å².